The first kappa shape index (κ1) is 12.7. The number of benzene rings is 1. The minimum Gasteiger partial charge on any atom is -0.490 e. The van der Waals surface area contributed by atoms with Gasteiger partial charge in [0, 0.05) is 5.56 Å². The molecule has 1 aliphatic heterocycles. The molecule has 94 valence electrons. The van der Waals surface area contributed by atoms with Crippen LogP contribution in [0.3, 0.4) is 0 Å². The molecular formula is C13H19NO2S. The van der Waals surface area contributed by atoms with E-state index in [0.29, 0.717) is 6.10 Å². The zero-order chi connectivity index (χ0) is 12.1. The normalized spacial score (nSPS) is 18.9. The third kappa shape index (κ3) is 3.37. The van der Waals surface area contributed by atoms with Gasteiger partial charge in [0.25, 0.3) is 0 Å². The molecule has 2 rings (SSSR count). The third-order valence-corrected chi connectivity index (χ3v) is 4.03. The number of rotatable bonds is 4. The van der Waals surface area contributed by atoms with Crippen LogP contribution in [0.4, 0.5) is 0 Å². The molecule has 0 spiro atoms. The Bertz CT molecular complexity index is 353. The second-order valence-corrected chi connectivity index (χ2v) is 5.48. The highest BCUT2D eigenvalue weighted by atomic mass is 32.2. The van der Waals surface area contributed by atoms with Crippen molar-refractivity contribution in [2.75, 3.05) is 18.1 Å². The summed E-state index contributed by atoms with van der Waals surface area (Å²) in [5, 5.41) is 9.13. The van der Waals surface area contributed by atoms with Crippen molar-refractivity contribution < 1.29 is 9.84 Å². The highest BCUT2D eigenvalue weighted by Gasteiger charge is 2.18. The van der Waals surface area contributed by atoms with Crippen molar-refractivity contribution >= 4 is 11.8 Å². The van der Waals surface area contributed by atoms with Crippen molar-refractivity contribution in [1.82, 2.24) is 0 Å². The predicted molar refractivity (Wildman–Crippen MR) is 71.4 cm³/mol. The Morgan fingerprint density at radius 3 is 2.76 bits per heavy atom. The molecule has 0 aliphatic carbocycles. The molecule has 3 N–H and O–H groups in total. The van der Waals surface area contributed by atoms with E-state index in [1.807, 2.05) is 36.0 Å². The zero-order valence-corrected chi connectivity index (χ0v) is 10.7. The third-order valence-electron chi connectivity index (χ3n) is 2.98. The molecule has 1 atom stereocenters. The van der Waals surface area contributed by atoms with Gasteiger partial charge in [-0.1, -0.05) is 18.2 Å². The summed E-state index contributed by atoms with van der Waals surface area (Å²) in [7, 11) is 0. The molecule has 0 radical (unpaired) electrons. The molecule has 17 heavy (non-hydrogen) atoms. The number of nitrogens with two attached hydrogens (primary N) is 1. The van der Waals surface area contributed by atoms with Crippen molar-refractivity contribution in [3.8, 4) is 5.75 Å². The van der Waals surface area contributed by atoms with Crippen LogP contribution in [0.5, 0.6) is 5.75 Å². The molecule has 1 fully saturated rings. The summed E-state index contributed by atoms with van der Waals surface area (Å²) in [4.78, 5) is 0. The number of thioether (sulfide) groups is 1. The summed E-state index contributed by atoms with van der Waals surface area (Å²) in [6, 6.07) is 7.37. The fourth-order valence-corrected chi connectivity index (χ4v) is 3.03. The largest absolute Gasteiger partial charge is 0.490 e. The lowest BCUT2D eigenvalue weighted by Crippen LogP contribution is -2.24. The number of ether oxygens (including phenoxy) is 1. The van der Waals surface area contributed by atoms with Crippen LogP contribution in [-0.2, 0) is 0 Å². The van der Waals surface area contributed by atoms with E-state index in [4.69, 9.17) is 15.6 Å². The molecule has 0 aromatic heterocycles. The van der Waals surface area contributed by atoms with Gasteiger partial charge in [0.15, 0.2) is 0 Å². The Labute approximate surface area is 106 Å². The van der Waals surface area contributed by atoms with Gasteiger partial charge in [-0.15, -0.1) is 0 Å². The maximum absolute atomic E-state index is 9.13. The Kier molecular flexibility index (Phi) is 4.71. The fraction of sp³-hybridized carbons (Fsp3) is 0.538. The summed E-state index contributed by atoms with van der Waals surface area (Å²) in [5.41, 5.74) is 6.76. The quantitative estimate of drug-likeness (QED) is 0.861. The highest BCUT2D eigenvalue weighted by Crippen LogP contribution is 2.28. The van der Waals surface area contributed by atoms with E-state index in [-0.39, 0.29) is 12.6 Å². The molecule has 1 aromatic rings. The first-order chi connectivity index (χ1) is 8.31. The van der Waals surface area contributed by atoms with E-state index in [1.165, 1.54) is 11.5 Å². The van der Waals surface area contributed by atoms with Gasteiger partial charge in [-0.3, -0.25) is 0 Å². The predicted octanol–water partition coefficient (Wildman–Crippen LogP) is 1.95. The molecule has 3 nitrogen and oxygen atoms in total. The van der Waals surface area contributed by atoms with Crippen molar-refractivity contribution in [1.29, 1.82) is 0 Å². The lowest BCUT2D eigenvalue weighted by atomic mass is 10.1. The summed E-state index contributed by atoms with van der Waals surface area (Å²) < 4.78 is 6.00. The van der Waals surface area contributed by atoms with Gasteiger partial charge in [0.05, 0.1) is 12.6 Å². The van der Waals surface area contributed by atoms with Gasteiger partial charge < -0.3 is 15.6 Å². The van der Waals surface area contributed by atoms with E-state index < -0.39 is 0 Å². The molecule has 4 heteroatoms. The monoisotopic (exact) mass is 253 g/mol. The Morgan fingerprint density at radius 1 is 1.35 bits per heavy atom. The summed E-state index contributed by atoms with van der Waals surface area (Å²) >= 11 is 1.98. The van der Waals surface area contributed by atoms with Crippen LogP contribution in [0.2, 0.25) is 0 Å². The minimum absolute atomic E-state index is 0.0547. The molecular weight excluding hydrogens is 234 g/mol. The van der Waals surface area contributed by atoms with Crippen LogP contribution >= 0.6 is 11.8 Å². The topological polar surface area (TPSA) is 55.5 Å². The van der Waals surface area contributed by atoms with Gasteiger partial charge in [-0.05, 0) is 30.4 Å². The molecule has 1 heterocycles. The molecule has 1 aliphatic rings. The van der Waals surface area contributed by atoms with E-state index in [9.17, 15) is 0 Å². The van der Waals surface area contributed by atoms with Crippen LogP contribution in [-0.4, -0.2) is 29.3 Å². The lowest BCUT2D eigenvalue weighted by Gasteiger charge is -2.25. The summed E-state index contributed by atoms with van der Waals surface area (Å²) in [6.07, 6.45) is 2.48. The summed E-state index contributed by atoms with van der Waals surface area (Å²) in [6.45, 7) is -0.0547. The Balaban J connectivity index is 2.08. The van der Waals surface area contributed by atoms with Crippen LogP contribution in [0.1, 0.15) is 24.4 Å². The maximum atomic E-state index is 9.13. The van der Waals surface area contributed by atoms with Crippen LogP contribution in [0, 0.1) is 0 Å². The van der Waals surface area contributed by atoms with Gasteiger partial charge in [-0.2, -0.15) is 11.8 Å². The molecule has 0 amide bonds. The number of aliphatic hydroxyl groups is 1. The first-order valence-electron chi connectivity index (χ1n) is 6.01. The minimum atomic E-state index is -0.357. The molecule has 1 unspecified atom stereocenters. The van der Waals surface area contributed by atoms with Gasteiger partial charge in [-0.25, -0.2) is 0 Å². The van der Waals surface area contributed by atoms with Crippen LogP contribution in [0.25, 0.3) is 0 Å². The van der Waals surface area contributed by atoms with E-state index in [1.54, 1.807) is 0 Å². The van der Waals surface area contributed by atoms with E-state index in [2.05, 4.69) is 0 Å². The second-order valence-electron chi connectivity index (χ2n) is 4.26. The SMILES string of the molecule is NC(CO)c1ccccc1OC1CCSCC1. The van der Waals surface area contributed by atoms with Crippen molar-refractivity contribution in [3.63, 3.8) is 0 Å². The standard InChI is InChI=1S/C13H19NO2S/c14-12(9-15)11-3-1-2-4-13(11)16-10-5-7-17-8-6-10/h1-4,10,12,15H,5-9,14H2. The van der Waals surface area contributed by atoms with Crippen LogP contribution in [0.15, 0.2) is 24.3 Å². The average Bonchev–Trinajstić information content (AvgIpc) is 2.40. The average molecular weight is 253 g/mol. The molecule has 0 bridgehead atoms. The van der Waals surface area contributed by atoms with E-state index in [0.717, 1.165) is 24.2 Å². The number of aliphatic hydroxyl groups excluding tert-OH is 1. The van der Waals surface area contributed by atoms with Gasteiger partial charge in [0.2, 0.25) is 0 Å². The number of para-hydroxylation sites is 1. The molecule has 1 saturated heterocycles. The van der Waals surface area contributed by atoms with E-state index >= 15 is 0 Å². The van der Waals surface area contributed by atoms with Crippen molar-refractivity contribution in [3.05, 3.63) is 29.8 Å². The van der Waals surface area contributed by atoms with Crippen molar-refractivity contribution in [2.45, 2.75) is 25.0 Å². The molecule has 0 saturated carbocycles. The van der Waals surface area contributed by atoms with Gasteiger partial charge in [0.1, 0.15) is 11.9 Å². The smallest absolute Gasteiger partial charge is 0.124 e. The lowest BCUT2D eigenvalue weighted by molar-refractivity contribution is 0.186. The van der Waals surface area contributed by atoms with Crippen molar-refractivity contribution in [2.24, 2.45) is 5.73 Å². The van der Waals surface area contributed by atoms with Crippen LogP contribution < -0.4 is 10.5 Å². The Hall–Kier alpha value is -0.710. The summed E-state index contributed by atoms with van der Waals surface area (Å²) in [5.74, 6) is 3.16. The first-order valence-corrected chi connectivity index (χ1v) is 7.16. The number of hydrogen-bond acceptors (Lipinski definition) is 4. The molecule has 1 aromatic carbocycles. The maximum Gasteiger partial charge on any atom is 0.124 e. The Morgan fingerprint density at radius 2 is 2.06 bits per heavy atom. The zero-order valence-electron chi connectivity index (χ0n) is 9.84. The fourth-order valence-electron chi connectivity index (χ4n) is 1.97. The van der Waals surface area contributed by atoms with Gasteiger partial charge >= 0.3 is 0 Å². The second kappa shape index (κ2) is 6.28. The highest BCUT2D eigenvalue weighted by molar-refractivity contribution is 7.99. The number of hydrogen-bond donors (Lipinski definition) is 2.